The smallest absolute Gasteiger partial charge is 0.387 e. The Morgan fingerprint density at radius 1 is 1.29 bits per heavy atom. The molecule has 2 aromatic rings. The second-order valence-corrected chi connectivity index (χ2v) is 5.69. The third-order valence-corrected chi connectivity index (χ3v) is 2.70. The van der Waals surface area contributed by atoms with Crippen molar-refractivity contribution in [3.8, 4) is 17.1 Å². The molecular formula is C15H18F2N2O2. The van der Waals surface area contributed by atoms with E-state index in [1.54, 1.807) is 18.2 Å². The van der Waals surface area contributed by atoms with Crippen molar-refractivity contribution in [1.82, 2.24) is 10.5 Å². The van der Waals surface area contributed by atoms with Crippen molar-refractivity contribution >= 4 is 0 Å². The van der Waals surface area contributed by atoms with Gasteiger partial charge in [-0.1, -0.05) is 17.3 Å². The molecule has 0 atom stereocenters. The van der Waals surface area contributed by atoms with E-state index >= 15 is 0 Å². The Hall–Kier alpha value is -1.95. The number of hydrogen-bond acceptors (Lipinski definition) is 4. The van der Waals surface area contributed by atoms with Gasteiger partial charge in [0.2, 0.25) is 0 Å². The van der Waals surface area contributed by atoms with Crippen LogP contribution < -0.4 is 10.1 Å². The monoisotopic (exact) mass is 296 g/mol. The van der Waals surface area contributed by atoms with Gasteiger partial charge < -0.3 is 14.6 Å². The minimum absolute atomic E-state index is 0.0237. The maximum Gasteiger partial charge on any atom is 0.387 e. The van der Waals surface area contributed by atoms with Gasteiger partial charge in [0.1, 0.15) is 5.75 Å². The molecule has 0 radical (unpaired) electrons. The van der Waals surface area contributed by atoms with Crippen LogP contribution in [0.1, 0.15) is 26.5 Å². The molecule has 1 heterocycles. The van der Waals surface area contributed by atoms with Crippen LogP contribution in [-0.4, -0.2) is 17.3 Å². The lowest BCUT2D eigenvalue weighted by molar-refractivity contribution is -0.0498. The fraction of sp³-hybridized carbons (Fsp3) is 0.400. The van der Waals surface area contributed by atoms with Crippen LogP contribution >= 0.6 is 0 Å². The van der Waals surface area contributed by atoms with Crippen LogP contribution in [0.3, 0.4) is 0 Å². The average molecular weight is 296 g/mol. The highest BCUT2D eigenvalue weighted by molar-refractivity contribution is 5.59. The van der Waals surface area contributed by atoms with Gasteiger partial charge in [0.05, 0.1) is 5.69 Å². The molecule has 21 heavy (non-hydrogen) atoms. The van der Waals surface area contributed by atoms with E-state index in [2.05, 4.69) is 36.0 Å². The van der Waals surface area contributed by atoms with E-state index in [-0.39, 0.29) is 11.3 Å². The van der Waals surface area contributed by atoms with Gasteiger partial charge in [-0.3, -0.25) is 0 Å². The lowest BCUT2D eigenvalue weighted by Crippen LogP contribution is -2.35. The number of ether oxygens (including phenoxy) is 1. The Balaban J connectivity index is 2.10. The Bertz CT molecular complexity index is 591. The zero-order chi connectivity index (χ0) is 15.5. The first-order valence-electron chi connectivity index (χ1n) is 6.59. The molecule has 0 spiro atoms. The van der Waals surface area contributed by atoms with Crippen molar-refractivity contribution in [2.75, 3.05) is 0 Å². The predicted octanol–water partition coefficient (Wildman–Crippen LogP) is 3.83. The van der Waals surface area contributed by atoms with Crippen molar-refractivity contribution in [3.63, 3.8) is 0 Å². The molecule has 4 nitrogen and oxygen atoms in total. The highest BCUT2D eigenvalue weighted by Gasteiger charge is 2.12. The van der Waals surface area contributed by atoms with E-state index in [4.69, 9.17) is 4.52 Å². The minimum Gasteiger partial charge on any atom is -0.435 e. The van der Waals surface area contributed by atoms with Crippen molar-refractivity contribution in [1.29, 1.82) is 0 Å². The molecule has 0 fully saturated rings. The largest absolute Gasteiger partial charge is 0.435 e. The third kappa shape index (κ3) is 4.82. The number of aromatic nitrogens is 1. The summed E-state index contributed by atoms with van der Waals surface area (Å²) in [4.78, 5) is 0. The molecule has 1 N–H and O–H groups in total. The first kappa shape index (κ1) is 15.4. The summed E-state index contributed by atoms with van der Waals surface area (Å²) in [6.07, 6.45) is 0. The number of halogens is 2. The Labute approximate surface area is 122 Å². The van der Waals surface area contributed by atoms with Crippen LogP contribution in [0.4, 0.5) is 8.78 Å². The SMILES string of the molecule is CC(C)(C)NCc1cc(-c2cccc(OC(F)F)c2)on1. The van der Waals surface area contributed by atoms with Crippen LogP contribution in [0, 0.1) is 0 Å². The number of hydrogen-bond donors (Lipinski definition) is 1. The van der Waals surface area contributed by atoms with E-state index < -0.39 is 6.61 Å². The van der Waals surface area contributed by atoms with E-state index in [0.29, 0.717) is 17.9 Å². The topological polar surface area (TPSA) is 47.3 Å². The quantitative estimate of drug-likeness (QED) is 0.911. The van der Waals surface area contributed by atoms with Crippen LogP contribution in [0.15, 0.2) is 34.9 Å². The van der Waals surface area contributed by atoms with Gasteiger partial charge in [-0.2, -0.15) is 8.78 Å². The molecule has 0 saturated carbocycles. The van der Waals surface area contributed by atoms with Crippen LogP contribution in [0.5, 0.6) is 5.75 Å². The van der Waals surface area contributed by atoms with Gasteiger partial charge in [0.15, 0.2) is 5.76 Å². The first-order valence-corrected chi connectivity index (χ1v) is 6.59. The van der Waals surface area contributed by atoms with Gasteiger partial charge in [-0.25, -0.2) is 0 Å². The first-order chi connectivity index (χ1) is 9.83. The van der Waals surface area contributed by atoms with Crippen LogP contribution in [-0.2, 0) is 6.54 Å². The molecule has 6 heteroatoms. The Kier molecular flexibility index (Phi) is 4.57. The number of nitrogens with one attached hydrogen (secondary N) is 1. The Morgan fingerprint density at radius 3 is 2.71 bits per heavy atom. The minimum atomic E-state index is -2.85. The fourth-order valence-electron chi connectivity index (χ4n) is 1.71. The maximum absolute atomic E-state index is 12.2. The number of benzene rings is 1. The van der Waals surface area contributed by atoms with E-state index in [1.807, 2.05) is 0 Å². The zero-order valence-corrected chi connectivity index (χ0v) is 12.2. The van der Waals surface area contributed by atoms with Crippen molar-refractivity contribution in [2.24, 2.45) is 0 Å². The molecule has 0 aliphatic rings. The standard InChI is InChI=1S/C15H18F2N2O2/c1-15(2,3)18-9-11-8-13(21-19-11)10-5-4-6-12(7-10)20-14(16)17/h4-8,14,18H,9H2,1-3H3. The average Bonchev–Trinajstić information content (AvgIpc) is 2.84. The second-order valence-electron chi connectivity index (χ2n) is 5.69. The predicted molar refractivity (Wildman–Crippen MR) is 75.2 cm³/mol. The van der Waals surface area contributed by atoms with Crippen molar-refractivity contribution in [2.45, 2.75) is 39.5 Å². The number of rotatable bonds is 5. The molecule has 0 amide bonds. The summed E-state index contributed by atoms with van der Waals surface area (Å²) in [6.45, 7) is 3.89. The summed E-state index contributed by atoms with van der Waals surface area (Å²) in [5.41, 5.74) is 1.37. The van der Waals surface area contributed by atoms with Crippen LogP contribution in [0.2, 0.25) is 0 Å². The van der Waals surface area contributed by atoms with Crippen molar-refractivity contribution in [3.05, 3.63) is 36.0 Å². The van der Waals surface area contributed by atoms with Gasteiger partial charge in [0, 0.05) is 23.7 Å². The molecule has 0 aliphatic heterocycles. The molecule has 0 aliphatic carbocycles. The summed E-state index contributed by atoms with van der Waals surface area (Å²) in [5.74, 6) is 0.605. The molecule has 0 saturated heterocycles. The van der Waals surface area contributed by atoms with Gasteiger partial charge in [-0.05, 0) is 32.9 Å². The Morgan fingerprint density at radius 2 is 2.05 bits per heavy atom. The van der Waals surface area contributed by atoms with E-state index in [1.165, 1.54) is 12.1 Å². The zero-order valence-electron chi connectivity index (χ0n) is 12.2. The highest BCUT2D eigenvalue weighted by Crippen LogP contribution is 2.25. The molecule has 2 rings (SSSR count). The van der Waals surface area contributed by atoms with Gasteiger partial charge in [-0.15, -0.1) is 0 Å². The number of alkyl halides is 2. The third-order valence-electron chi connectivity index (χ3n) is 2.70. The lowest BCUT2D eigenvalue weighted by Gasteiger charge is -2.19. The summed E-state index contributed by atoms with van der Waals surface area (Å²) in [5, 5.41) is 7.25. The normalized spacial score (nSPS) is 11.9. The highest BCUT2D eigenvalue weighted by atomic mass is 19.3. The molecule has 0 bridgehead atoms. The fourth-order valence-corrected chi connectivity index (χ4v) is 1.71. The summed E-state index contributed by atoms with van der Waals surface area (Å²) < 4.78 is 34.0. The summed E-state index contributed by atoms with van der Waals surface area (Å²) in [6, 6.07) is 8.12. The molecule has 0 unspecified atom stereocenters. The van der Waals surface area contributed by atoms with Crippen LogP contribution in [0.25, 0.3) is 11.3 Å². The van der Waals surface area contributed by atoms with Gasteiger partial charge >= 0.3 is 6.61 Å². The second kappa shape index (κ2) is 6.22. The molecular weight excluding hydrogens is 278 g/mol. The maximum atomic E-state index is 12.2. The number of nitrogens with zero attached hydrogens (tertiary/aromatic N) is 1. The lowest BCUT2D eigenvalue weighted by atomic mass is 10.1. The van der Waals surface area contributed by atoms with Crippen molar-refractivity contribution < 1.29 is 18.0 Å². The summed E-state index contributed by atoms with van der Waals surface area (Å²) in [7, 11) is 0. The van der Waals surface area contributed by atoms with Gasteiger partial charge in [0.25, 0.3) is 0 Å². The van der Waals surface area contributed by atoms with E-state index in [0.717, 1.165) is 5.69 Å². The van der Waals surface area contributed by atoms with E-state index in [9.17, 15) is 8.78 Å². The molecule has 114 valence electrons. The molecule has 1 aromatic heterocycles. The molecule has 1 aromatic carbocycles. The summed E-state index contributed by atoms with van der Waals surface area (Å²) >= 11 is 0.